The normalized spacial score (nSPS) is 9.95. The number of nitrogens with zero attached hydrogens (tertiary/aromatic N) is 3. The van der Waals surface area contributed by atoms with Crippen LogP contribution in [0.25, 0.3) is 11.3 Å². The van der Waals surface area contributed by atoms with Crippen molar-refractivity contribution in [3.05, 3.63) is 40.2 Å². The maximum absolute atomic E-state index is 11.6. The van der Waals surface area contributed by atoms with E-state index in [9.17, 15) is 4.79 Å². The number of carbonyl (C=O) groups is 1. The molecule has 0 bridgehead atoms. The number of likely N-dealkylation sites (N-methyl/N-ethyl adjacent to an activating group) is 1. The standard InChI is InChI=1S/C14H13N3OS/c1-17(2)14(18)7-13-16-12(9-19-13)11-5-3-10(8-15)4-6-11/h3-6,9H,7H2,1-2H3. The number of rotatable bonds is 3. The smallest absolute Gasteiger partial charge is 0.228 e. The van der Waals surface area contributed by atoms with Crippen molar-refractivity contribution in [3.8, 4) is 17.3 Å². The van der Waals surface area contributed by atoms with Gasteiger partial charge in [-0.25, -0.2) is 4.98 Å². The molecule has 19 heavy (non-hydrogen) atoms. The second-order valence-corrected chi connectivity index (χ2v) is 5.22. The Balaban J connectivity index is 2.16. The number of nitriles is 1. The first kappa shape index (κ1) is 13.2. The minimum Gasteiger partial charge on any atom is -0.348 e. The van der Waals surface area contributed by atoms with Gasteiger partial charge in [-0.15, -0.1) is 11.3 Å². The Morgan fingerprint density at radius 1 is 1.37 bits per heavy atom. The summed E-state index contributed by atoms with van der Waals surface area (Å²) in [6, 6.07) is 9.34. The summed E-state index contributed by atoms with van der Waals surface area (Å²) >= 11 is 1.48. The van der Waals surface area contributed by atoms with Crippen molar-refractivity contribution in [2.45, 2.75) is 6.42 Å². The SMILES string of the molecule is CN(C)C(=O)Cc1nc(-c2ccc(C#N)cc2)cs1. The van der Waals surface area contributed by atoms with Crippen molar-refractivity contribution in [1.82, 2.24) is 9.88 Å². The molecule has 1 aromatic heterocycles. The number of aromatic nitrogens is 1. The van der Waals surface area contributed by atoms with Crippen LogP contribution in [-0.4, -0.2) is 29.9 Å². The quantitative estimate of drug-likeness (QED) is 0.860. The van der Waals surface area contributed by atoms with E-state index >= 15 is 0 Å². The van der Waals surface area contributed by atoms with E-state index in [0.717, 1.165) is 16.3 Å². The number of carbonyl (C=O) groups excluding carboxylic acids is 1. The average molecular weight is 271 g/mol. The summed E-state index contributed by atoms with van der Waals surface area (Å²) in [5.41, 5.74) is 2.43. The van der Waals surface area contributed by atoms with E-state index < -0.39 is 0 Å². The highest BCUT2D eigenvalue weighted by Crippen LogP contribution is 2.22. The first-order valence-electron chi connectivity index (χ1n) is 5.75. The summed E-state index contributed by atoms with van der Waals surface area (Å²) in [5, 5.41) is 11.5. The molecular weight excluding hydrogens is 258 g/mol. The molecule has 0 saturated heterocycles. The van der Waals surface area contributed by atoms with Gasteiger partial charge >= 0.3 is 0 Å². The van der Waals surface area contributed by atoms with Crippen LogP contribution in [0.2, 0.25) is 0 Å². The molecular formula is C14H13N3OS. The molecule has 0 fully saturated rings. The van der Waals surface area contributed by atoms with E-state index in [0.29, 0.717) is 12.0 Å². The molecule has 0 radical (unpaired) electrons. The van der Waals surface area contributed by atoms with E-state index in [1.54, 1.807) is 31.1 Å². The minimum absolute atomic E-state index is 0.0423. The number of benzene rings is 1. The molecule has 0 aliphatic heterocycles. The van der Waals surface area contributed by atoms with Crippen molar-refractivity contribution in [2.75, 3.05) is 14.1 Å². The van der Waals surface area contributed by atoms with Crippen molar-refractivity contribution in [1.29, 1.82) is 5.26 Å². The molecule has 0 saturated carbocycles. The van der Waals surface area contributed by atoms with Crippen LogP contribution in [0.3, 0.4) is 0 Å². The lowest BCUT2D eigenvalue weighted by atomic mass is 10.1. The molecule has 0 spiro atoms. The molecule has 1 amide bonds. The van der Waals surface area contributed by atoms with Gasteiger partial charge < -0.3 is 4.90 Å². The Morgan fingerprint density at radius 2 is 2.05 bits per heavy atom. The van der Waals surface area contributed by atoms with Crippen LogP contribution < -0.4 is 0 Å². The molecule has 0 atom stereocenters. The Bertz CT molecular complexity index is 623. The van der Waals surface area contributed by atoms with Gasteiger partial charge in [-0.1, -0.05) is 12.1 Å². The number of hydrogen-bond donors (Lipinski definition) is 0. The van der Waals surface area contributed by atoms with Gasteiger partial charge in [0.25, 0.3) is 0 Å². The molecule has 4 nitrogen and oxygen atoms in total. The zero-order valence-electron chi connectivity index (χ0n) is 10.8. The molecule has 1 aromatic carbocycles. The van der Waals surface area contributed by atoms with Crippen molar-refractivity contribution in [2.24, 2.45) is 0 Å². The third-order valence-corrected chi connectivity index (χ3v) is 3.51. The van der Waals surface area contributed by atoms with Gasteiger partial charge in [0.1, 0.15) is 5.01 Å². The zero-order valence-corrected chi connectivity index (χ0v) is 11.6. The van der Waals surface area contributed by atoms with E-state index in [1.165, 1.54) is 11.3 Å². The molecule has 0 N–H and O–H groups in total. The van der Waals surface area contributed by atoms with Gasteiger partial charge in [-0.3, -0.25) is 4.79 Å². The second-order valence-electron chi connectivity index (χ2n) is 4.28. The third kappa shape index (κ3) is 3.18. The predicted octanol–water partition coefficient (Wildman–Crippen LogP) is 2.31. The molecule has 5 heteroatoms. The zero-order chi connectivity index (χ0) is 13.8. The summed E-state index contributed by atoms with van der Waals surface area (Å²) < 4.78 is 0. The van der Waals surface area contributed by atoms with Crippen LogP contribution in [-0.2, 0) is 11.2 Å². The maximum Gasteiger partial charge on any atom is 0.228 e. The van der Waals surface area contributed by atoms with Crippen LogP contribution in [0.4, 0.5) is 0 Å². The summed E-state index contributed by atoms with van der Waals surface area (Å²) in [6.07, 6.45) is 0.327. The first-order chi connectivity index (χ1) is 9.10. The second kappa shape index (κ2) is 5.63. The molecule has 2 aromatic rings. The average Bonchev–Trinajstić information content (AvgIpc) is 2.87. The van der Waals surface area contributed by atoms with Gasteiger partial charge in [-0.2, -0.15) is 5.26 Å². The van der Waals surface area contributed by atoms with Crippen LogP contribution >= 0.6 is 11.3 Å². The van der Waals surface area contributed by atoms with Crippen LogP contribution in [0.5, 0.6) is 0 Å². The first-order valence-corrected chi connectivity index (χ1v) is 6.63. The van der Waals surface area contributed by atoms with Crippen molar-refractivity contribution < 1.29 is 4.79 Å². The molecule has 96 valence electrons. The van der Waals surface area contributed by atoms with Crippen LogP contribution in [0.1, 0.15) is 10.6 Å². The highest BCUT2D eigenvalue weighted by atomic mass is 32.1. The van der Waals surface area contributed by atoms with Gasteiger partial charge in [0, 0.05) is 25.0 Å². The topological polar surface area (TPSA) is 57.0 Å². The lowest BCUT2D eigenvalue weighted by Crippen LogP contribution is -2.23. The molecule has 2 rings (SSSR count). The fourth-order valence-corrected chi connectivity index (χ4v) is 2.32. The lowest BCUT2D eigenvalue weighted by Gasteiger charge is -2.07. The van der Waals surface area contributed by atoms with E-state index in [-0.39, 0.29) is 5.91 Å². The number of hydrogen-bond acceptors (Lipinski definition) is 4. The Kier molecular flexibility index (Phi) is 3.93. The van der Waals surface area contributed by atoms with E-state index in [1.807, 2.05) is 17.5 Å². The molecule has 0 aliphatic rings. The Hall–Kier alpha value is -2.19. The van der Waals surface area contributed by atoms with Crippen LogP contribution in [0, 0.1) is 11.3 Å². The van der Waals surface area contributed by atoms with Gasteiger partial charge in [0.05, 0.1) is 23.7 Å². The van der Waals surface area contributed by atoms with Gasteiger partial charge in [0.2, 0.25) is 5.91 Å². The highest BCUT2D eigenvalue weighted by Gasteiger charge is 2.10. The highest BCUT2D eigenvalue weighted by molar-refractivity contribution is 7.10. The lowest BCUT2D eigenvalue weighted by molar-refractivity contribution is -0.127. The summed E-state index contributed by atoms with van der Waals surface area (Å²) in [4.78, 5) is 17.6. The summed E-state index contributed by atoms with van der Waals surface area (Å²) in [7, 11) is 3.47. The molecule has 1 heterocycles. The fourth-order valence-electron chi connectivity index (χ4n) is 1.53. The maximum atomic E-state index is 11.6. The van der Waals surface area contributed by atoms with E-state index in [2.05, 4.69) is 11.1 Å². The molecule has 0 aliphatic carbocycles. The van der Waals surface area contributed by atoms with Gasteiger partial charge in [0.15, 0.2) is 0 Å². The van der Waals surface area contributed by atoms with Crippen LogP contribution in [0.15, 0.2) is 29.6 Å². The third-order valence-electron chi connectivity index (χ3n) is 2.66. The number of amides is 1. The Labute approximate surface area is 115 Å². The summed E-state index contributed by atoms with van der Waals surface area (Å²) in [6.45, 7) is 0. The Morgan fingerprint density at radius 3 is 2.63 bits per heavy atom. The minimum atomic E-state index is 0.0423. The predicted molar refractivity (Wildman–Crippen MR) is 74.7 cm³/mol. The number of thiazole rings is 1. The molecule has 0 unspecified atom stereocenters. The van der Waals surface area contributed by atoms with Crippen molar-refractivity contribution >= 4 is 17.2 Å². The monoisotopic (exact) mass is 271 g/mol. The largest absolute Gasteiger partial charge is 0.348 e. The van der Waals surface area contributed by atoms with E-state index in [4.69, 9.17) is 5.26 Å². The fraction of sp³-hybridized carbons (Fsp3) is 0.214. The van der Waals surface area contributed by atoms with Crippen molar-refractivity contribution in [3.63, 3.8) is 0 Å². The van der Waals surface area contributed by atoms with Gasteiger partial charge in [-0.05, 0) is 12.1 Å². The summed E-state index contributed by atoms with van der Waals surface area (Å²) in [5.74, 6) is 0.0423.